The molecule has 0 spiro atoms. The zero-order valence-corrected chi connectivity index (χ0v) is 16.4. The molecule has 2 rings (SSSR count). The van der Waals surface area contributed by atoms with Crippen molar-refractivity contribution in [1.29, 1.82) is 0 Å². The van der Waals surface area contributed by atoms with Crippen molar-refractivity contribution >= 4 is 29.5 Å². The van der Waals surface area contributed by atoms with Gasteiger partial charge in [0.1, 0.15) is 6.04 Å². The molecule has 7 nitrogen and oxygen atoms in total. The lowest BCUT2D eigenvalue weighted by molar-refractivity contribution is -0.144. The van der Waals surface area contributed by atoms with E-state index in [9.17, 15) is 14.4 Å². The predicted octanol–water partition coefficient (Wildman–Crippen LogP) is 0.914. The summed E-state index contributed by atoms with van der Waals surface area (Å²) in [6.07, 6.45) is 1.45. The van der Waals surface area contributed by atoms with Crippen LogP contribution in [0, 0.1) is 0 Å². The molecule has 148 valence electrons. The van der Waals surface area contributed by atoms with Gasteiger partial charge in [0.2, 0.25) is 5.91 Å². The summed E-state index contributed by atoms with van der Waals surface area (Å²) in [5.74, 6) is -0.332. The topological polar surface area (TPSA) is 97.0 Å². The van der Waals surface area contributed by atoms with E-state index in [2.05, 4.69) is 10.6 Å². The number of epoxide rings is 1. The highest BCUT2D eigenvalue weighted by atomic mass is 32.2. The van der Waals surface area contributed by atoms with Gasteiger partial charge in [-0.2, -0.15) is 11.8 Å². The van der Waals surface area contributed by atoms with Gasteiger partial charge in [0.05, 0.1) is 6.61 Å². The van der Waals surface area contributed by atoms with Crippen LogP contribution < -0.4 is 10.6 Å². The van der Waals surface area contributed by atoms with Gasteiger partial charge in [-0.3, -0.25) is 9.59 Å². The van der Waals surface area contributed by atoms with Gasteiger partial charge in [0.15, 0.2) is 12.2 Å². The van der Waals surface area contributed by atoms with E-state index in [4.69, 9.17) is 9.47 Å². The summed E-state index contributed by atoms with van der Waals surface area (Å²) in [5, 5.41) is 5.56. The molecule has 27 heavy (non-hydrogen) atoms. The number of hydrogen-bond donors (Lipinski definition) is 2. The smallest absolute Gasteiger partial charge is 0.338 e. The molecule has 0 bridgehead atoms. The maximum absolute atomic E-state index is 12.5. The van der Waals surface area contributed by atoms with Crippen LogP contribution >= 0.6 is 11.8 Å². The van der Waals surface area contributed by atoms with Crippen LogP contribution in [-0.4, -0.2) is 61.2 Å². The van der Waals surface area contributed by atoms with E-state index in [1.807, 2.05) is 36.6 Å². The van der Waals surface area contributed by atoms with Crippen LogP contribution in [0.15, 0.2) is 30.3 Å². The maximum Gasteiger partial charge on any atom is 0.338 e. The molecule has 3 atom stereocenters. The van der Waals surface area contributed by atoms with Gasteiger partial charge in [-0.05, 0) is 30.9 Å². The van der Waals surface area contributed by atoms with E-state index in [-0.39, 0.29) is 12.5 Å². The van der Waals surface area contributed by atoms with Crippen molar-refractivity contribution < 1.29 is 23.9 Å². The number of nitrogens with one attached hydrogen (secondary N) is 2. The molecular weight excluding hydrogens is 368 g/mol. The standard InChI is InChI=1S/C19H26N2O5S/c1-3-25-19(24)16-15(26-16)18(23)21-14(12-13-8-5-4-6-9-13)17(22)20-10-7-11-27-2/h4-6,8-9,14-16H,3,7,10-12H2,1-2H3,(H,20,22)(H,21,23)/t14-,15-,16-/m0/s1. The van der Waals surface area contributed by atoms with Crippen molar-refractivity contribution in [3.63, 3.8) is 0 Å². The quantitative estimate of drug-likeness (QED) is 0.329. The normalized spacial score (nSPS) is 19.0. The van der Waals surface area contributed by atoms with Gasteiger partial charge >= 0.3 is 5.97 Å². The van der Waals surface area contributed by atoms with Crippen molar-refractivity contribution in [1.82, 2.24) is 10.6 Å². The molecule has 1 aliphatic rings. The van der Waals surface area contributed by atoms with Gasteiger partial charge in [-0.1, -0.05) is 30.3 Å². The first-order valence-electron chi connectivity index (χ1n) is 8.99. The molecule has 1 aliphatic heterocycles. The zero-order chi connectivity index (χ0) is 19.6. The third-order valence-electron chi connectivity index (χ3n) is 4.01. The minimum atomic E-state index is -0.897. The van der Waals surface area contributed by atoms with E-state index in [0.717, 1.165) is 17.7 Å². The summed E-state index contributed by atoms with van der Waals surface area (Å²) in [6, 6.07) is 8.71. The number of thioether (sulfide) groups is 1. The van der Waals surface area contributed by atoms with E-state index < -0.39 is 30.1 Å². The molecule has 0 aliphatic carbocycles. The van der Waals surface area contributed by atoms with E-state index in [0.29, 0.717) is 13.0 Å². The SMILES string of the molecule is CCOC(=O)[C@H]1O[C@@H]1C(=O)N[C@@H](Cc1ccccc1)C(=O)NCCCSC. The average Bonchev–Trinajstić information content (AvgIpc) is 3.47. The third kappa shape index (κ3) is 6.88. The monoisotopic (exact) mass is 394 g/mol. The third-order valence-corrected chi connectivity index (χ3v) is 4.71. The Morgan fingerprint density at radius 1 is 1.22 bits per heavy atom. The van der Waals surface area contributed by atoms with Gasteiger partial charge in [-0.15, -0.1) is 0 Å². The first kappa shape index (κ1) is 21.2. The fourth-order valence-electron chi connectivity index (χ4n) is 2.58. The van der Waals surface area contributed by atoms with Crippen LogP contribution in [0.4, 0.5) is 0 Å². The molecule has 8 heteroatoms. The Labute approximate surface area is 163 Å². The second kappa shape index (κ2) is 10.9. The van der Waals surface area contributed by atoms with Crippen LogP contribution in [0.2, 0.25) is 0 Å². The Hall–Kier alpha value is -2.06. The van der Waals surface area contributed by atoms with Crippen LogP contribution in [0.5, 0.6) is 0 Å². The van der Waals surface area contributed by atoms with Gasteiger partial charge < -0.3 is 20.1 Å². The number of hydrogen-bond acceptors (Lipinski definition) is 6. The van der Waals surface area contributed by atoms with E-state index in [1.165, 1.54) is 0 Å². The molecule has 0 saturated carbocycles. The number of ether oxygens (including phenoxy) is 2. The highest BCUT2D eigenvalue weighted by Crippen LogP contribution is 2.23. The Morgan fingerprint density at radius 3 is 2.63 bits per heavy atom. The fraction of sp³-hybridized carbons (Fsp3) is 0.526. The van der Waals surface area contributed by atoms with E-state index in [1.54, 1.807) is 18.7 Å². The number of carbonyl (C=O) groups is 3. The predicted molar refractivity (Wildman–Crippen MR) is 103 cm³/mol. The number of amides is 2. The Bertz CT molecular complexity index is 640. The summed E-state index contributed by atoms with van der Waals surface area (Å²) in [4.78, 5) is 36.5. The lowest BCUT2D eigenvalue weighted by Gasteiger charge is -2.18. The largest absolute Gasteiger partial charge is 0.464 e. The molecule has 1 aromatic rings. The molecular formula is C19H26N2O5S. The molecule has 2 N–H and O–H groups in total. The minimum Gasteiger partial charge on any atom is -0.464 e. The lowest BCUT2D eigenvalue weighted by atomic mass is 10.0. The lowest BCUT2D eigenvalue weighted by Crippen LogP contribution is -2.49. The van der Waals surface area contributed by atoms with Crippen molar-refractivity contribution in [2.24, 2.45) is 0 Å². The number of benzene rings is 1. The van der Waals surface area contributed by atoms with Gasteiger partial charge in [-0.25, -0.2) is 4.79 Å². The molecule has 0 radical (unpaired) electrons. The van der Waals surface area contributed by atoms with Crippen LogP contribution in [0.25, 0.3) is 0 Å². The Kier molecular flexibility index (Phi) is 8.60. The molecule has 1 fully saturated rings. The molecule has 2 amide bonds. The first-order valence-corrected chi connectivity index (χ1v) is 10.4. The van der Waals surface area contributed by atoms with Crippen molar-refractivity contribution in [3.8, 4) is 0 Å². The highest BCUT2D eigenvalue weighted by Gasteiger charge is 2.52. The van der Waals surface area contributed by atoms with E-state index >= 15 is 0 Å². The zero-order valence-electron chi connectivity index (χ0n) is 15.6. The number of esters is 1. The summed E-state index contributed by atoms with van der Waals surface area (Å²) in [7, 11) is 0. The summed E-state index contributed by atoms with van der Waals surface area (Å²) >= 11 is 1.71. The van der Waals surface area contributed by atoms with Gasteiger partial charge in [0.25, 0.3) is 5.91 Å². The molecule has 1 saturated heterocycles. The summed E-state index contributed by atoms with van der Waals surface area (Å²) in [6.45, 7) is 2.46. The number of rotatable bonds is 11. The fourth-order valence-corrected chi connectivity index (χ4v) is 3.01. The van der Waals surface area contributed by atoms with Crippen molar-refractivity contribution in [3.05, 3.63) is 35.9 Å². The molecule has 1 aromatic carbocycles. The highest BCUT2D eigenvalue weighted by molar-refractivity contribution is 7.98. The average molecular weight is 394 g/mol. The minimum absolute atomic E-state index is 0.224. The van der Waals surface area contributed by atoms with Gasteiger partial charge in [0, 0.05) is 13.0 Å². The number of carbonyl (C=O) groups excluding carboxylic acids is 3. The van der Waals surface area contributed by atoms with Crippen molar-refractivity contribution in [2.45, 2.75) is 38.0 Å². The Morgan fingerprint density at radius 2 is 1.96 bits per heavy atom. The molecule has 0 aromatic heterocycles. The Balaban J connectivity index is 1.94. The van der Waals surface area contributed by atoms with Crippen LogP contribution in [-0.2, 0) is 30.3 Å². The molecule has 0 unspecified atom stereocenters. The maximum atomic E-state index is 12.5. The van der Waals surface area contributed by atoms with Crippen LogP contribution in [0.1, 0.15) is 18.9 Å². The first-order chi connectivity index (χ1) is 13.1. The second-order valence-electron chi connectivity index (χ2n) is 6.12. The summed E-state index contributed by atoms with van der Waals surface area (Å²) in [5.41, 5.74) is 0.931. The second-order valence-corrected chi connectivity index (χ2v) is 7.10. The van der Waals surface area contributed by atoms with Crippen LogP contribution in [0.3, 0.4) is 0 Å². The van der Waals surface area contributed by atoms with Crippen molar-refractivity contribution in [2.75, 3.05) is 25.2 Å². The summed E-state index contributed by atoms with van der Waals surface area (Å²) < 4.78 is 9.96. The molecule has 1 heterocycles.